The lowest BCUT2D eigenvalue weighted by atomic mass is 10.1. The van der Waals surface area contributed by atoms with Crippen molar-refractivity contribution in [3.8, 4) is 17.1 Å². The molecule has 0 saturated carbocycles. The number of para-hydroxylation sites is 1. The molecule has 1 fully saturated rings. The molecule has 2 aromatic heterocycles. The summed E-state index contributed by atoms with van der Waals surface area (Å²) in [5.41, 5.74) is 2.52. The van der Waals surface area contributed by atoms with Gasteiger partial charge in [-0.15, -0.1) is 10.2 Å². The highest BCUT2D eigenvalue weighted by Crippen LogP contribution is 2.32. The first-order valence-corrected chi connectivity index (χ1v) is 11.3. The summed E-state index contributed by atoms with van der Waals surface area (Å²) in [4.78, 5) is 19.7. The Hall–Kier alpha value is -3.13. The van der Waals surface area contributed by atoms with Gasteiger partial charge >= 0.3 is 0 Å². The molecule has 1 atom stereocenters. The number of amides is 1. The molecule has 1 amide bonds. The molecule has 3 heterocycles. The number of carbonyl (C=O) groups excluding carboxylic acids is 1. The molecule has 158 valence electrons. The monoisotopic (exact) mass is 433 g/mol. The first-order valence-electron chi connectivity index (χ1n) is 10.4. The smallest absolute Gasteiger partial charge is 0.235 e. The predicted molar refractivity (Wildman–Crippen MR) is 121 cm³/mol. The number of fused-ring (bicyclic) bond motifs is 3. The quantitative estimate of drug-likeness (QED) is 0.442. The Bertz CT molecular complexity index is 1250. The second kappa shape index (κ2) is 8.19. The topological polar surface area (TPSA) is 72.6 Å². The zero-order valence-electron chi connectivity index (χ0n) is 17.5. The summed E-state index contributed by atoms with van der Waals surface area (Å²) >= 11 is 1.43. The molecule has 8 heteroatoms. The molecule has 4 aromatic rings. The van der Waals surface area contributed by atoms with Crippen LogP contribution in [0.2, 0.25) is 0 Å². The van der Waals surface area contributed by atoms with Gasteiger partial charge in [-0.05, 0) is 56.2 Å². The number of nitrogens with zero attached hydrogens (tertiary/aromatic N) is 5. The third kappa shape index (κ3) is 3.61. The standard InChI is InChI=1S/C23H23N5O2S/c1-15(22(29)27-13-5-6-14-27)31-23-26-25-21-18-7-3-4-8-19(18)24-20(28(21)23)16-9-11-17(30-2)12-10-16/h3-4,7-12,15H,5-6,13-14H2,1-2H3. The summed E-state index contributed by atoms with van der Waals surface area (Å²) in [7, 11) is 1.65. The number of ether oxygens (including phenoxy) is 1. The maximum Gasteiger partial charge on any atom is 0.235 e. The summed E-state index contributed by atoms with van der Waals surface area (Å²) in [6, 6.07) is 15.7. The highest BCUT2D eigenvalue weighted by molar-refractivity contribution is 8.00. The van der Waals surface area contributed by atoms with E-state index in [1.165, 1.54) is 11.8 Å². The van der Waals surface area contributed by atoms with Crippen molar-refractivity contribution in [3.63, 3.8) is 0 Å². The van der Waals surface area contributed by atoms with Crippen molar-refractivity contribution in [3.05, 3.63) is 48.5 Å². The van der Waals surface area contributed by atoms with Crippen LogP contribution in [-0.2, 0) is 4.79 Å². The Morgan fingerprint density at radius 1 is 1.06 bits per heavy atom. The third-order valence-electron chi connectivity index (χ3n) is 5.61. The largest absolute Gasteiger partial charge is 0.497 e. The number of benzene rings is 2. The maximum atomic E-state index is 12.9. The number of hydrogen-bond donors (Lipinski definition) is 0. The van der Waals surface area contributed by atoms with Gasteiger partial charge in [-0.25, -0.2) is 4.98 Å². The number of hydrogen-bond acceptors (Lipinski definition) is 6. The second-order valence-electron chi connectivity index (χ2n) is 7.62. The average molecular weight is 434 g/mol. The molecule has 2 aromatic carbocycles. The fourth-order valence-electron chi connectivity index (χ4n) is 3.97. The SMILES string of the molecule is COc1ccc(-c2nc3ccccc3c3nnc(SC(C)C(=O)N4CCCC4)n23)cc1. The van der Waals surface area contributed by atoms with Crippen LogP contribution in [0.5, 0.6) is 5.75 Å². The molecule has 1 unspecified atom stereocenters. The van der Waals surface area contributed by atoms with E-state index in [0.717, 1.165) is 59.6 Å². The lowest BCUT2D eigenvalue weighted by Gasteiger charge is -2.19. The van der Waals surface area contributed by atoms with Crippen molar-refractivity contribution in [2.45, 2.75) is 30.2 Å². The lowest BCUT2D eigenvalue weighted by Crippen LogP contribution is -2.34. The van der Waals surface area contributed by atoms with E-state index in [-0.39, 0.29) is 11.2 Å². The summed E-state index contributed by atoms with van der Waals surface area (Å²) < 4.78 is 7.26. The minimum absolute atomic E-state index is 0.152. The molecule has 1 saturated heterocycles. The number of methoxy groups -OCH3 is 1. The van der Waals surface area contributed by atoms with Crippen LogP contribution in [0.4, 0.5) is 0 Å². The van der Waals surface area contributed by atoms with E-state index >= 15 is 0 Å². The van der Waals surface area contributed by atoms with E-state index in [0.29, 0.717) is 5.16 Å². The van der Waals surface area contributed by atoms with Crippen LogP contribution in [0, 0.1) is 0 Å². The van der Waals surface area contributed by atoms with Gasteiger partial charge in [0.25, 0.3) is 0 Å². The van der Waals surface area contributed by atoms with Crippen molar-refractivity contribution in [1.82, 2.24) is 24.5 Å². The molecule has 1 aliphatic heterocycles. The van der Waals surface area contributed by atoms with E-state index in [1.807, 2.05) is 64.8 Å². The van der Waals surface area contributed by atoms with Crippen molar-refractivity contribution >= 4 is 34.2 Å². The zero-order chi connectivity index (χ0) is 21.4. The van der Waals surface area contributed by atoms with Gasteiger partial charge < -0.3 is 9.64 Å². The Labute approximate surface area is 184 Å². The van der Waals surface area contributed by atoms with E-state index in [9.17, 15) is 4.79 Å². The fraction of sp³-hybridized carbons (Fsp3) is 0.304. The predicted octanol–water partition coefficient (Wildman–Crippen LogP) is 4.06. The van der Waals surface area contributed by atoms with E-state index in [4.69, 9.17) is 9.72 Å². The van der Waals surface area contributed by atoms with Gasteiger partial charge in [0.1, 0.15) is 11.6 Å². The molecule has 0 N–H and O–H groups in total. The van der Waals surface area contributed by atoms with Crippen molar-refractivity contribution in [2.75, 3.05) is 20.2 Å². The van der Waals surface area contributed by atoms with Crippen molar-refractivity contribution in [1.29, 1.82) is 0 Å². The van der Waals surface area contributed by atoms with Gasteiger partial charge in [0.05, 0.1) is 17.9 Å². The molecule has 0 aliphatic carbocycles. The summed E-state index contributed by atoms with van der Waals surface area (Å²) in [6.07, 6.45) is 2.16. The van der Waals surface area contributed by atoms with Crippen molar-refractivity contribution < 1.29 is 9.53 Å². The molecule has 0 spiro atoms. The minimum Gasteiger partial charge on any atom is -0.497 e. The van der Waals surface area contributed by atoms with Crippen LogP contribution in [0.15, 0.2) is 53.7 Å². The van der Waals surface area contributed by atoms with Crippen LogP contribution in [-0.4, -0.2) is 55.8 Å². The van der Waals surface area contributed by atoms with Crippen LogP contribution < -0.4 is 4.74 Å². The van der Waals surface area contributed by atoms with Crippen LogP contribution in [0.3, 0.4) is 0 Å². The number of thioether (sulfide) groups is 1. The van der Waals surface area contributed by atoms with E-state index in [1.54, 1.807) is 7.11 Å². The van der Waals surface area contributed by atoms with Crippen molar-refractivity contribution in [2.24, 2.45) is 0 Å². The van der Waals surface area contributed by atoms with E-state index in [2.05, 4.69) is 10.2 Å². The molecule has 7 nitrogen and oxygen atoms in total. The van der Waals surface area contributed by atoms with Crippen LogP contribution >= 0.6 is 11.8 Å². The molecule has 1 aliphatic rings. The highest BCUT2D eigenvalue weighted by atomic mass is 32.2. The van der Waals surface area contributed by atoms with Gasteiger partial charge in [-0.1, -0.05) is 23.9 Å². The third-order valence-corrected chi connectivity index (χ3v) is 6.64. The normalized spacial score (nSPS) is 15.0. The lowest BCUT2D eigenvalue weighted by molar-refractivity contribution is -0.129. The van der Waals surface area contributed by atoms with Gasteiger partial charge in [0.15, 0.2) is 10.8 Å². The molecular weight excluding hydrogens is 410 g/mol. The fourth-order valence-corrected chi connectivity index (χ4v) is 4.91. The van der Waals surface area contributed by atoms with Gasteiger partial charge in [-0.2, -0.15) is 0 Å². The Kier molecular flexibility index (Phi) is 5.23. The highest BCUT2D eigenvalue weighted by Gasteiger charge is 2.26. The second-order valence-corrected chi connectivity index (χ2v) is 8.92. The Balaban J connectivity index is 1.62. The molecule has 0 radical (unpaired) electrons. The number of carbonyl (C=O) groups is 1. The number of likely N-dealkylation sites (tertiary alicyclic amines) is 1. The molecule has 5 rings (SSSR count). The maximum absolute atomic E-state index is 12.9. The van der Waals surface area contributed by atoms with Crippen LogP contribution in [0.25, 0.3) is 27.9 Å². The van der Waals surface area contributed by atoms with Gasteiger partial charge in [-0.3, -0.25) is 9.20 Å². The summed E-state index contributed by atoms with van der Waals surface area (Å²) in [6.45, 7) is 3.62. The molecule has 0 bridgehead atoms. The summed E-state index contributed by atoms with van der Waals surface area (Å²) in [5.74, 6) is 1.67. The van der Waals surface area contributed by atoms with Gasteiger partial charge in [0, 0.05) is 24.0 Å². The summed E-state index contributed by atoms with van der Waals surface area (Å²) in [5, 5.41) is 10.3. The number of aromatic nitrogens is 4. The van der Waals surface area contributed by atoms with Crippen LogP contribution in [0.1, 0.15) is 19.8 Å². The Morgan fingerprint density at radius 3 is 2.55 bits per heavy atom. The molecular formula is C23H23N5O2S. The first-order chi connectivity index (χ1) is 15.2. The molecule has 31 heavy (non-hydrogen) atoms. The van der Waals surface area contributed by atoms with Gasteiger partial charge in [0.2, 0.25) is 5.91 Å². The minimum atomic E-state index is -0.249. The number of rotatable bonds is 5. The zero-order valence-corrected chi connectivity index (χ0v) is 18.3. The Morgan fingerprint density at radius 2 is 1.81 bits per heavy atom. The van der Waals surface area contributed by atoms with E-state index < -0.39 is 0 Å². The average Bonchev–Trinajstić information content (AvgIpc) is 3.49. The first kappa shape index (κ1) is 19.8.